The smallest absolute Gasteiger partial charge is 0.227 e. The maximum absolute atomic E-state index is 13.3. The minimum absolute atomic E-state index is 0.0862. The molecular weight excluding hydrogens is 226 g/mol. The van der Waals surface area contributed by atoms with Crippen LogP contribution in [0, 0.1) is 17.6 Å². The second kappa shape index (κ2) is 5.61. The Hall–Kier alpha value is -1.65. The number of nitrogens with one attached hydrogen (secondary N) is 1. The number of carbonyl (C=O) groups excluding carboxylic acids is 1. The zero-order valence-corrected chi connectivity index (χ0v) is 9.89. The molecular formula is C12H16F2N2O. The first-order valence-corrected chi connectivity index (χ1v) is 5.51. The lowest BCUT2D eigenvalue weighted by atomic mass is 10.1. The Morgan fingerprint density at radius 1 is 1.41 bits per heavy atom. The predicted molar refractivity (Wildman–Crippen MR) is 63.5 cm³/mol. The van der Waals surface area contributed by atoms with Crippen LogP contribution >= 0.6 is 0 Å². The predicted octanol–water partition coefficient (Wildman–Crippen LogP) is 2.92. The van der Waals surface area contributed by atoms with Gasteiger partial charge in [0.2, 0.25) is 5.91 Å². The van der Waals surface area contributed by atoms with E-state index in [1.54, 1.807) is 6.92 Å². The molecule has 0 aromatic heterocycles. The Morgan fingerprint density at radius 2 is 2.06 bits per heavy atom. The lowest BCUT2D eigenvalue weighted by Crippen LogP contribution is -2.21. The van der Waals surface area contributed by atoms with Crippen LogP contribution in [0.4, 0.5) is 20.2 Å². The van der Waals surface area contributed by atoms with Gasteiger partial charge in [-0.05, 0) is 12.5 Å². The third-order valence-corrected chi connectivity index (χ3v) is 2.51. The highest BCUT2D eigenvalue weighted by Crippen LogP contribution is 2.22. The fourth-order valence-electron chi connectivity index (χ4n) is 1.48. The minimum Gasteiger partial charge on any atom is -0.396 e. The molecule has 0 fully saturated rings. The Morgan fingerprint density at radius 3 is 2.65 bits per heavy atom. The van der Waals surface area contributed by atoms with E-state index in [2.05, 4.69) is 5.32 Å². The van der Waals surface area contributed by atoms with Gasteiger partial charge in [0.1, 0.15) is 11.6 Å². The van der Waals surface area contributed by atoms with E-state index in [0.29, 0.717) is 12.5 Å². The molecule has 0 radical (unpaired) electrons. The molecule has 3 nitrogen and oxygen atoms in total. The van der Waals surface area contributed by atoms with E-state index >= 15 is 0 Å². The zero-order chi connectivity index (χ0) is 13.0. The summed E-state index contributed by atoms with van der Waals surface area (Å²) in [6.45, 7) is 3.71. The monoisotopic (exact) mass is 242 g/mol. The van der Waals surface area contributed by atoms with Crippen molar-refractivity contribution in [1.29, 1.82) is 0 Å². The molecule has 3 N–H and O–H groups in total. The summed E-state index contributed by atoms with van der Waals surface area (Å²) in [7, 11) is 0. The van der Waals surface area contributed by atoms with Crippen molar-refractivity contribution in [3.05, 3.63) is 23.8 Å². The second-order valence-electron chi connectivity index (χ2n) is 4.03. The van der Waals surface area contributed by atoms with Gasteiger partial charge in [-0.2, -0.15) is 0 Å². The molecule has 1 rings (SSSR count). The number of hydrogen-bond acceptors (Lipinski definition) is 2. The Labute approximate surface area is 99.0 Å². The van der Waals surface area contributed by atoms with Gasteiger partial charge < -0.3 is 11.1 Å². The average molecular weight is 242 g/mol. The van der Waals surface area contributed by atoms with Gasteiger partial charge in [0.05, 0.1) is 11.4 Å². The molecule has 1 aromatic carbocycles. The summed E-state index contributed by atoms with van der Waals surface area (Å²) in [4.78, 5) is 11.6. The van der Waals surface area contributed by atoms with E-state index in [0.717, 1.165) is 12.5 Å². The fraction of sp³-hybridized carbons (Fsp3) is 0.417. The van der Waals surface area contributed by atoms with Crippen LogP contribution in [-0.4, -0.2) is 5.91 Å². The van der Waals surface area contributed by atoms with E-state index < -0.39 is 11.6 Å². The number of amides is 1. The molecule has 1 unspecified atom stereocenters. The first kappa shape index (κ1) is 13.4. The van der Waals surface area contributed by atoms with Crippen LogP contribution in [0.1, 0.15) is 26.7 Å². The molecule has 0 aliphatic heterocycles. The largest absolute Gasteiger partial charge is 0.396 e. The van der Waals surface area contributed by atoms with Gasteiger partial charge in [0.15, 0.2) is 0 Å². The van der Waals surface area contributed by atoms with Crippen molar-refractivity contribution < 1.29 is 13.6 Å². The third-order valence-electron chi connectivity index (χ3n) is 2.51. The van der Waals surface area contributed by atoms with Gasteiger partial charge in [0.25, 0.3) is 0 Å². The first-order valence-electron chi connectivity index (χ1n) is 5.51. The van der Waals surface area contributed by atoms with Gasteiger partial charge in [-0.1, -0.05) is 20.3 Å². The van der Waals surface area contributed by atoms with Crippen LogP contribution in [0.5, 0.6) is 0 Å². The van der Waals surface area contributed by atoms with Crippen LogP contribution < -0.4 is 11.1 Å². The highest BCUT2D eigenvalue weighted by atomic mass is 19.1. The summed E-state index contributed by atoms with van der Waals surface area (Å²) in [5, 5.41) is 2.40. The van der Waals surface area contributed by atoms with Crippen molar-refractivity contribution in [1.82, 2.24) is 0 Å². The summed E-state index contributed by atoms with van der Waals surface area (Å²) in [6, 6.07) is 1.75. The summed E-state index contributed by atoms with van der Waals surface area (Å²) in [5.41, 5.74) is 5.03. The van der Waals surface area contributed by atoms with Crippen LogP contribution in [0.2, 0.25) is 0 Å². The average Bonchev–Trinajstić information content (AvgIpc) is 2.26. The zero-order valence-electron chi connectivity index (χ0n) is 9.89. The lowest BCUT2D eigenvalue weighted by Gasteiger charge is -2.12. The third kappa shape index (κ3) is 3.41. The van der Waals surface area contributed by atoms with Crippen molar-refractivity contribution in [3.63, 3.8) is 0 Å². The van der Waals surface area contributed by atoms with Crippen LogP contribution in [0.3, 0.4) is 0 Å². The van der Waals surface area contributed by atoms with E-state index in [9.17, 15) is 13.6 Å². The number of halogens is 2. The number of nitrogen functional groups attached to an aromatic ring is 1. The quantitative estimate of drug-likeness (QED) is 0.797. The fourth-order valence-corrected chi connectivity index (χ4v) is 1.48. The number of nitrogens with two attached hydrogens (primary N) is 1. The molecule has 0 aliphatic rings. The van der Waals surface area contributed by atoms with Crippen LogP contribution in [0.25, 0.3) is 0 Å². The number of benzene rings is 1. The number of anilines is 2. The SMILES string of the molecule is CCCC(C)C(=O)Nc1cc(N)c(F)cc1F. The van der Waals surface area contributed by atoms with E-state index in [1.165, 1.54) is 0 Å². The molecule has 94 valence electrons. The first-order chi connectivity index (χ1) is 7.95. The van der Waals surface area contributed by atoms with Crippen LogP contribution in [-0.2, 0) is 4.79 Å². The van der Waals surface area contributed by atoms with Gasteiger partial charge in [-0.3, -0.25) is 4.79 Å². The molecule has 0 saturated heterocycles. The molecule has 0 spiro atoms. The summed E-state index contributed by atoms with van der Waals surface area (Å²) in [5.74, 6) is -2.17. The molecule has 0 heterocycles. The van der Waals surface area contributed by atoms with E-state index in [-0.39, 0.29) is 23.2 Å². The molecule has 0 saturated carbocycles. The molecule has 1 amide bonds. The molecule has 0 bridgehead atoms. The van der Waals surface area contributed by atoms with E-state index in [1.807, 2.05) is 6.92 Å². The Balaban J connectivity index is 2.81. The van der Waals surface area contributed by atoms with Crippen molar-refractivity contribution in [3.8, 4) is 0 Å². The normalized spacial score (nSPS) is 12.2. The van der Waals surface area contributed by atoms with Crippen molar-refractivity contribution >= 4 is 17.3 Å². The number of hydrogen-bond donors (Lipinski definition) is 2. The van der Waals surface area contributed by atoms with Gasteiger partial charge in [0, 0.05) is 12.0 Å². The van der Waals surface area contributed by atoms with Gasteiger partial charge in [-0.15, -0.1) is 0 Å². The van der Waals surface area contributed by atoms with Crippen molar-refractivity contribution in [2.24, 2.45) is 5.92 Å². The Kier molecular flexibility index (Phi) is 4.43. The molecule has 5 heteroatoms. The highest BCUT2D eigenvalue weighted by Gasteiger charge is 2.15. The van der Waals surface area contributed by atoms with Crippen LogP contribution in [0.15, 0.2) is 12.1 Å². The molecule has 1 atom stereocenters. The lowest BCUT2D eigenvalue weighted by molar-refractivity contribution is -0.119. The summed E-state index contributed by atoms with van der Waals surface area (Å²) < 4.78 is 26.2. The highest BCUT2D eigenvalue weighted by molar-refractivity contribution is 5.92. The molecule has 1 aromatic rings. The summed E-state index contributed by atoms with van der Waals surface area (Å²) in [6.07, 6.45) is 1.58. The number of carbonyl (C=O) groups is 1. The topological polar surface area (TPSA) is 55.1 Å². The number of rotatable bonds is 4. The van der Waals surface area contributed by atoms with Gasteiger partial charge >= 0.3 is 0 Å². The minimum atomic E-state index is -0.831. The van der Waals surface area contributed by atoms with Crippen molar-refractivity contribution in [2.45, 2.75) is 26.7 Å². The Bertz CT molecular complexity index is 421. The standard InChI is InChI=1S/C12H16F2N2O/c1-3-4-7(2)12(17)16-11-6-10(15)8(13)5-9(11)14/h5-7H,3-4,15H2,1-2H3,(H,16,17). The maximum atomic E-state index is 13.3. The van der Waals surface area contributed by atoms with E-state index in [4.69, 9.17) is 5.73 Å². The van der Waals surface area contributed by atoms with Crippen molar-refractivity contribution in [2.75, 3.05) is 11.1 Å². The van der Waals surface area contributed by atoms with Gasteiger partial charge in [-0.25, -0.2) is 8.78 Å². The second-order valence-corrected chi connectivity index (χ2v) is 4.03. The molecule has 17 heavy (non-hydrogen) atoms. The molecule has 0 aliphatic carbocycles. The summed E-state index contributed by atoms with van der Waals surface area (Å²) >= 11 is 0. The maximum Gasteiger partial charge on any atom is 0.227 e.